The number of pyridine rings is 1. The molecule has 1 amide bonds. The van der Waals surface area contributed by atoms with Crippen LogP contribution < -0.4 is 19.7 Å². The number of benzene rings is 1. The SMILES string of the molecule is C[C@H]1Oc2ccccc2O[C@H]1C(=O)Nc1ccc(N2CCCC2)cn1. The summed E-state index contributed by atoms with van der Waals surface area (Å²) >= 11 is 0. The van der Waals surface area contributed by atoms with Crippen molar-refractivity contribution in [3.05, 3.63) is 42.6 Å². The first-order valence-corrected chi connectivity index (χ1v) is 8.65. The number of rotatable bonds is 3. The molecule has 2 aliphatic rings. The Morgan fingerprint density at radius 2 is 1.84 bits per heavy atom. The Morgan fingerprint density at radius 3 is 2.52 bits per heavy atom. The van der Waals surface area contributed by atoms with Crippen molar-refractivity contribution < 1.29 is 14.3 Å². The first-order valence-electron chi connectivity index (χ1n) is 8.65. The monoisotopic (exact) mass is 339 g/mol. The quantitative estimate of drug-likeness (QED) is 0.932. The number of nitrogens with zero attached hydrogens (tertiary/aromatic N) is 2. The van der Waals surface area contributed by atoms with E-state index in [9.17, 15) is 4.79 Å². The highest BCUT2D eigenvalue weighted by molar-refractivity contribution is 5.94. The molecule has 25 heavy (non-hydrogen) atoms. The molecule has 2 aliphatic heterocycles. The van der Waals surface area contributed by atoms with Crippen LogP contribution in [-0.2, 0) is 4.79 Å². The van der Waals surface area contributed by atoms with E-state index < -0.39 is 6.10 Å². The summed E-state index contributed by atoms with van der Waals surface area (Å²) in [5.41, 5.74) is 1.09. The molecule has 6 nitrogen and oxygen atoms in total. The van der Waals surface area contributed by atoms with Crippen molar-refractivity contribution in [3.63, 3.8) is 0 Å². The van der Waals surface area contributed by atoms with E-state index in [4.69, 9.17) is 9.47 Å². The number of anilines is 2. The molecule has 1 N–H and O–H groups in total. The van der Waals surface area contributed by atoms with E-state index in [1.807, 2.05) is 37.3 Å². The summed E-state index contributed by atoms with van der Waals surface area (Å²) in [6.45, 7) is 3.96. The Morgan fingerprint density at radius 1 is 1.12 bits per heavy atom. The van der Waals surface area contributed by atoms with Gasteiger partial charge in [-0.15, -0.1) is 0 Å². The fourth-order valence-corrected chi connectivity index (χ4v) is 3.23. The zero-order valence-corrected chi connectivity index (χ0v) is 14.1. The molecule has 0 radical (unpaired) electrons. The molecule has 0 spiro atoms. The highest BCUT2D eigenvalue weighted by Crippen LogP contribution is 2.33. The molecule has 3 heterocycles. The topological polar surface area (TPSA) is 63.7 Å². The van der Waals surface area contributed by atoms with E-state index in [1.165, 1.54) is 12.8 Å². The summed E-state index contributed by atoms with van der Waals surface area (Å²) in [4.78, 5) is 19.2. The maximum absolute atomic E-state index is 12.6. The molecule has 2 atom stereocenters. The standard InChI is InChI=1S/C19H21N3O3/c1-13-18(25-16-7-3-2-6-15(16)24-13)19(23)21-17-9-8-14(12-20-17)22-10-4-5-11-22/h2-3,6-9,12-13,18H,4-5,10-11H2,1H3,(H,20,21,23)/t13-,18-/m1/s1. The van der Waals surface area contributed by atoms with Crippen LogP contribution >= 0.6 is 0 Å². The molecule has 4 rings (SSSR count). The zero-order valence-electron chi connectivity index (χ0n) is 14.1. The number of carbonyl (C=O) groups excluding carboxylic acids is 1. The zero-order chi connectivity index (χ0) is 17.2. The third-order valence-corrected chi connectivity index (χ3v) is 4.57. The van der Waals surface area contributed by atoms with Gasteiger partial charge in [0.2, 0.25) is 6.10 Å². The molecule has 0 bridgehead atoms. The van der Waals surface area contributed by atoms with Gasteiger partial charge in [-0.3, -0.25) is 4.79 Å². The summed E-state index contributed by atoms with van der Waals surface area (Å²) in [7, 11) is 0. The van der Waals surface area contributed by atoms with E-state index >= 15 is 0 Å². The van der Waals surface area contributed by atoms with Crippen LogP contribution in [0, 0.1) is 0 Å². The number of fused-ring (bicyclic) bond motifs is 1. The molecule has 0 saturated carbocycles. The van der Waals surface area contributed by atoms with Crippen molar-refractivity contribution in [3.8, 4) is 11.5 Å². The van der Waals surface area contributed by atoms with Crippen LogP contribution in [0.25, 0.3) is 0 Å². The fourth-order valence-electron chi connectivity index (χ4n) is 3.23. The average molecular weight is 339 g/mol. The second kappa shape index (κ2) is 6.63. The summed E-state index contributed by atoms with van der Waals surface area (Å²) in [6, 6.07) is 11.2. The van der Waals surface area contributed by atoms with Gasteiger partial charge < -0.3 is 19.7 Å². The molecule has 2 aromatic rings. The maximum atomic E-state index is 12.6. The minimum Gasteiger partial charge on any atom is -0.482 e. The lowest BCUT2D eigenvalue weighted by molar-refractivity contribution is -0.128. The summed E-state index contributed by atoms with van der Waals surface area (Å²) in [5, 5.41) is 2.82. The second-order valence-electron chi connectivity index (χ2n) is 6.39. The number of hydrogen-bond acceptors (Lipinski definition) is 5. The summed E-state index contributed by atoms with van der Waals surface area (Å²) in [6.07, 6.45) is 3.15. The molecule has 6 heteroatoms. The van der Waals surface area contributed by atoms with Crippen LogP contribution in [0.15, 0.2) is 42.6 Å². The molecule has 0 aliphatic carbocycles. The van der Waals surface area contributed by atoms with Gasteiger partial charge in [0.15, 0.2) is 11.5 Å². The van der Waals surface area contributed by atoms with E-state index in [2.05, 4.69) is 15.2 Å². The van der Waals surface area contributed by atoms with E-state index in [1.54, 1.807) is 12.3 Å². The van der Waals surface area contributed by atoms with Crippen LogP contribution in [0.3, 0.4) is 0 Å². The Hall–Kier alpha value is -2.76. The molecular weight excluding hydrogens is 318 g/mol. The molecule has 0 unspecified atom stereocenters. The Balaban J connectivity index is 1.43. The van der Waals surface area contributed by atoms with Crippen molar-refractivity contribution in [2.75, 3.05) is 23.3 Å². The Bertz CT molecular complexity index is 757. The van der Waals surface area contributed by atoms with Crippen LogP contribution in [0.2, 0.25) is 0 Å². The summed E-state index contributed by atoms with van der Waals surface area (Å²) < 4.78 is 11.6. The Labute approximate surface area is 146 Å². The maximum Gasteiger partial charge on any atom is 0.270 e. The van der Waals surface area contributed by atoms with Gasteiger partial charge in [0.05, 0.1) is 11.9 Å². The largest absolute Gasteiger partial charge is 0.482 e. The number of nitrogens with one attached hydrogen (secondary N) is 1. The predicted octanol–water partition coefficient (Wildman–Crippen LogP) is 2.85. The normalized spacial score (nSPS) is 21.9. The van der Waals surface area contributed by atoms with Gasteiger partial charge in [0, 0.05) is 13.1 Å². The van der Waals surface area contributed by atoms with Crippen molar-refractivity contribution in [1.29, 1.82) is 0 Å². The number of aromatic nitrogens is 1. The van der Waals surface area contributed by atoms with Crippen LogP contribution in [0.5, 0.6) is 11.5 Å². The number of carbonyl (C=O) groups is 1. The molecule has 1 aromatic carbocycles. The number of ether oxygens (including phenoxy) is 2. The highest BCUT2D eigenvalue weighted by atomic mass is 16.6. The van der Waals surface area contributed by atoms with Crippen LogP contribution in [0.1, 0.15) is 19.8 Å². The van der Waals surface area contributed by atoms with Crippen molar-refractivity contribution in [1.82, 2.24) is 4.98 Å². The summed E-state index contributed by atoms with van der Waals surface area (Å²) in [5.74, 6) is 1.50. The smallest absolute Gasteiger partial charge is 0.270 e. The second-order valence-corrected chi connectivity index (χ2v) is 6.39. The third kappa shape index (κ3) is 3.24. The van der Waals surface area contributed by atoms with Gasteiger partial charge in [0.25, 0.3) is 5.91 Å². The van der Waals surface area contributed by atoms with E-state index in [-0.39, 0.29) is 12.0 Å². The number of hydrogen-bond donors (Lipinski definition) is 1. The van der Waals surface area contributed by atoms with Gasteiger partial charge in [-0.25, -0.2) is 4.98 Å². The van der Waals surface area contributed by atoms with E-state index in [0.717, 1.165) is 18.8 Å². The highest BCUT2D eigenvalue weighted by Gasteiger charge is 2.34. The van der Waals surface area contributed by atoms with Crippen molar-refractivity contribution in [2.45, 2.75) is 32.0 Å². The van der Waals surface area contributed by atoms with Gasteiger partial charge in [-0.1, -0.05) is 12.1 Å². The van der Waals surface area contributed by atoms with Crippen LogP contribution in [0.4, 0.5) is 11.5 Å². The third-order valence-electron chi connectivity index (χ3n) is 4.57. The van der Waals surface area contributed by atoms with Gasteiger partial charge >= 0.3 is 0 Å². The minimum absolute atomic E-state index is 0.261. The first-order chi connectivity index (χ1) is 12.2. The van der Waals surface area contributed by atoms with Crippen molar-refractivity contribution >= 4 is 17.4 Å². The molecular formula is C19H21N3O3. The minimum atomic E-state index is -0.713. The van der Waals surface area contributed by atoms with Gasteiger partial charge in [0.1, 0.15) is 11.9 Å². The first kappa shape index (κ1) is 15.7. The van der Waals surface area contributed by atoms with Gasteiger partial charge in [-0.05, 0) is 44.0 Å². The Kier molecular flexibility index (Phi) is 4.17. The lowest BCUT2D eigenvalue weighted by Crippen LogP contribution is -2.46. The van der Waals surface area contributed by atoms with Gasteiger partial charge in [-0.2, -0.15) is 0 Å². The lowest BCUT2D eigenvalue weighted by Gasteiger charge is -2.30. The van der Waals surface area contributed by atoms with Crippen molar-refractivity contribution in [2.24, 2.45) is 0 Å². The fraction of sp³-hybridized carbons (Fsp3) is 0.368. The lowest BCUT2D eigenvalue weighted by atomic mass is 10.1. The molecule has 1 saturated heterocycles. The molecule has 1 fully saturated rings. The average Bonchev–Trinajstić information content (AvgIpc) is 3.16. The number of amides is 1. The molecule has 1 aromatic heterocycles. The molecule has 130 valence electrons. The van der Waals surface area contributed by atoms with E-state index in [0.29, 0.717) is 17.3 Å². The predicted molar refractivity (Wildman–Crippen MR) is 95.3 cm³/mol. The van der Waals surface area contributed by atoms with Crippen LogP contribution in [-0.4, -0.2) is 36.2 Å². The number of para-hydroxylation sites is 2.